The fraction of sp³-hybridized carbons (Fsp3) is 0.533. The van der Waals surface area contributed by atoms with E-state index in [1.54, 1.807) is 6.07 Å². The molecule has 1 aromatic carbocycles. The molecule has 0 amide bonds. The zero-order valence-electron chi connectivity index (χ0n) is 12.5. The smallest absolute Gasteiger partial charge is 0.340 e. The second-order valence-corrected chi connectivity index (χ2v) is 5.98. The van der Waals surface area contributed by atoms with Gasteiger partial charge in [-0.2, -0.15) is 0 Å². The van der Waals surface area contributed by atoms with Gasteiger partial charge in [0.1, 0.15) is 0 Å². The largest absolute Gasteiger partial charge is 0.465 e. The summed E-state index contributed by atoms with van der Waals surface area (Å²) in [5.74, 6) is -0.403. The van der Waals surface area contributed by atoms with E-state index < -0.39 is 5.97 Å². The highest BCUT2D eigenvalue weighted by molar-refractivity contribution is 5.97. The number of ether oxygens (including phenoxy) is 1. The van der Waals surface area contributed by atoms with Crippen LogP contribution in [0.4, 0.5) is 11.4 Å². The molecule has 0 aliphatic heterocycles. The van der Waals surface area contributed by atoms with Gasteiger partial charge in [0, 0.05) is 17.9 Å². The van der Waals surface area contributed by atoms with Crippen LogP contribution >= 0.6 is 0 Å². The number of nitrogen functional groups attached to an aromatic ring is 1. The standard InChI is InChI=1S/C15H24N2O2/c1-10-8-11(17-7-6-15(2,3)4)9-12(13(10)16)14(18)19-5/h8-9,17H,6-7,16H2,1-5H3. The zero-order chi connectivity index (χ0) is 14.6. The van der Waals surface area contributed by atoms with Gasteiger partial charge in [0.15, 0.2) is 0 Å². The molecule has 0 saturated heterocycles. The third kappa shape index (κ3) is 4.47. The molecule has 0 saturated carbocycles. The highest BCUT2D eigenvalue weighted by Gasteiger charge is 2.14. The van der Waals surface area contributed by atoms with Crippen LogP contribution in [0.5, 0.6) is 0 Å². The number of carbonyl (C=O) groups excluding carboxylic acids is 1. The molecule has 3 N–H and O–H groups in total. The summed E-state index contributed by atoms with van der Waals surface area (Å²) in [6, 6.07) is 3.70. The molecule has 106 valence electrons. The number of methoxy groups -OCH3 is 1. The van der Waals surface area contributed by atoms with Gasteiger partial charge < -0.3 is 15.8 Å². The molecule has 0 aliphatic carbocycles. The molecule has 0 unspecified atom stereocenters. The summed E-state index contributed by atoms with van der Waals surface area (Å²) < 4.78 is 4.74. The summed E-state index contributed by atoms with van der Waals surface area (Å²) in [6.07, 6.45) is 1.05. The molecular weight excluding hydrogens is 240 g/mol. The first-order chi connectivity index (χ1) is 8.74. The van der Waals surface area contributed by atoms with Gasteiger partial charge in [-0.25, -0.2) is 4.79 Å². The lowest BCUT2D eigenvalue weighted by Gasteiger charge is -2.19. The number of hydrogen-bond donors (Lipinski definition) is 2. The highest BCUT2D eigenvalue weighted by atomic mass is 16.5. The molecule has 1 aromatic rings. The summed E-state index contributed by atoms with van der Waals surface area (Å²) >= 11 is 0. The second-order valence-electron chi connectivity index (χ2n) is 5.98. The van der Waals surface area contributed by atoms with Crippen LogP contribution < -0.4 is 11.1 Å². The minimum absolute atomic E-state index is 0.279. The Hall–Kier alpha value is -1.71. The van der Waals surface area contributed by atoms with Gasteiger partial charge in [-0.05, 0) is 36.5 Å². The number of aryl methyl sites for hydroxylation is 1. The first-order valence-electron chi connectivity index (χ1n) is 6.47. The summed E-state index contributed by atoms with van der Waals surface area (Å²) in [4.78, 5) is 11.6. The number of carbonyl (C=O) groups is 1. The Bertz CT molecular complexity index is 462. The van der Waals surface area contributed by atoms with Crippen LogP contribution in [0, 0.1) is 12.3 Å². The third-order valence-electron chi connectivity index (χ3n) is 3.00. The van der Waals surface area contributed by atoms with E-state index >= 15 is 0 Å². The number of esters is 1. The van der Waals surface area contributed by atoms with E-state index in [4.69, 9.17) is 10.5 Å². The Morgan fingerprint density at radius 1 is 1.37 bits per heavy atom. The van der Waals surface area contributed by atoms with Crippen molar-refractivity contribution in [3.8, 4) is 0 Å². The third-order valence-corrected chi connectivity index (χ3v) is 3.00. The number of benzene rings is 1. The number of nitrogens with one attached hydrogen (secondary N) is 1. The van der Waals surface area contributed by atoms with Crippen molar-refractivity contribution in [3.63, 3.8) is 0 Å². The van der Waals surface area contributed by atoms with Gasteiger partial charge in [-0.3, -0.25) is 0 Å². The van der Waals surface area contributed by atoms with Crippen molar-refractivity contribution in [1.29, 1.82) is 0 Å². The van der Waals surface area contributed by atoms with Crippen LogP contribution in [-0.2, 0) is 4.74 Å². The van der Waals surface area contributed by atoms with Crippen molar-refractivity contribution < 1.29 is 9.53 Å². The SMILES string of the molecule is COC(=O)c1cc(NCCC(C)(C)C)cc(C)c1N. The summed E-state index contributed by atoms with van der Waals surface area (Å²) in [6.45, 7) is 9.33. The van der Waals surface area contributed by atoms with E-state index in [9.17, 15) is 4.79 Å². The zero-order valence-corrected chi connectivity index (χ0v) is 12.5. The maximum Gasteiger partial charge on any atom is 0.340 e. The predicted molar refractivity (Wildman–Crippen MR) is 79.5 cm³/mol. The van der Waals surface area contributed by atoms with Gasteiger partial charge in [0.05, 0.1) is 12.7 Å². The minimum atomic E-state index is -0.403. The van der Waals surface area contributed by atoms with Crippen LogP contribution in [0.1, 0.15) is 43.1 Å². The number of anilines is 2. The first-order valence-corrected chi connectivity index (χ1v) is 6.47. The van der Waals surface area contributed by atoms with Crippen molar-refractivity contribution in [2.45, 2.75) is 34.1 Å². The lowest BCUT2D eigenvalue weighted by molar-refractivity contribution is 0.0602. The number of rotatable bonds is 4. The van der Waals surface area contributed by atoms with Crippen LogP contribution in [0.15, 0.2) is 12.1 Å². The van der Waals surface area contributed by atoms with Crippen LogP contribution in [0.2, 0.25) is 0 Å². The Morgan fingerprint density at radius 2 is 2.00 bits per heavy atom. The molecule has 0 radical (unpaired) electrons. The predicted octanol–water partition coefficient (Wildman–Crippen LogP) is 3.21. The van der Waals surface area contributed by atoms with Gasteiger partial charge in [-0.1, -0.05) is 20.8 Å². The van der Waals surface area contributed by atoms with E-state index in [-0.39, 0.29) is 5.41 Å². The van der Waals surface area contributed by atoms with Gasteiger partial charge in [0.25, 0.3) is 0 Å². The van der Waals surface area contributed by atoms with Crippen LogP contribution in [0.3, 0.4) is 0 Å². The molecule has 0 aromatic heterocycles. The maximum atomic E-state index is 11.6. The Labute approximate surface area is 115 Å². The Balaban J connectivity index is 2.86. The van der Waals surface area contributed by atoms with E-state index in [2.05, 4.69) is 26.1 Å². The number of nitrogens with two attached hydrogens (primary N) is 1. The van der Waals surface area contributed by atoms with Crippen molar-refractivity contribution in [3.05, 3.63) is 23.3 Å². The van der Waals surface area contributed by atoms with Crippen molar-refractivity contribution >= 4 is 17.3 Å². The average molecular weight is 264 g/mol. The molecule has 0 spiro atoms. The summed E-state index contributed by atoms with van der Waals surface area (Å²) in [5.41, 5.74) is 8.85. The topological polar surface area (TPSA) is 64.3 Å². The summed E-state index contributed by atoms with van der Waals surface area (Å²) in [5, 5.41) is 3.33. The molecule has 0 fully saturated rings. The molecular formula is C15H24N2O2. The van der Waals surface area contributed by atoms with E-state index in [0.717, 1.165) is 24.2 Å². The van der Waals surface area contributed by atoms with Crippen molar-refractivity contribution in [2.24, 2.45) is 5.41 Å². The maximum absolute atomic E-state index is 11.6. The van der Waals surface area contributed by atoms with Crippen molar-refractivity contribution in [2.75, 3.05) is 24.7 Å². The highest BCUT2D eigenvalue weighted by Crippen LogP contribution is 2.24. The number of hydrogen-bond acceptors (Lipinski definition) is 4. The van der Waals surface area contributed by atoms with Gasteiger partial charge in [-0.15, -0.1) is 0 Å². The fourth-order valence-corrected chi connectivity index (χ4v) is 1.76. The first kappa shape index (κ1) is 15.3. The molecule has 0 aliphatic rings. The van der Waals surface area contributed by atoms with Crippen LogP contribution in [0.25, 0.3) is 0 Å². The molecule has 19 heavy (non-hydrogen) atoms. The monoisotopic (exact) mass is 264 g/mol. The minimum Gasteiger partial charge on any atom is -0.465 e. The fourth-order valence-electron chi connectivity index (χ4n) is 1.76. The van der Waals surface area contributed by atoms with Gasteiger partial charge in [0.2, 0.25) is 0 Å². The lowest BCUT2D eigenvalue weighted by atomic mass is 9.92. The van der Waals surface area contributed by atoms with Gasteiger partial charge >= 0.3 is 5.97 Å². The summed E-state index contributed by atoms with van der Waals surface area (Å²) in [7, 11) is 1.36. The lowest BCUT2D eigenvalue weighted by Crippen LogP contribution is -2.14. The Kier molecular flexibility index (Phi) is 4.81. The Morgan fingerprint density at radius 3 is 2.53 bits per heavy atom. The quantitative estimate of drug-likeness (QED) is 0.647. The van der Waals surface area contributed by atoms with Crippen molar-refractivity contribution in [1.82, 2.24) is 0 Å². The average Bonchev–Trinajstić information content (AvgIpc) is 2.30. The van der Waals surface area contributed by atoms with Crippen LogP contribution in [-0.4, -0.2) is 19.6 Å². The molecule has 4 heteroatoms. The molecule has 0 heterocycles. The second kappa shape index (κ2) is 5.95. The van der Waals surface area contributed by atoms with E-state index in [1.165, 1.54) is 7.11 Å². The molecule has 4 nitrogen and oxygen atoms in total. The normalized spacial score (nSPS) is 11.2. The molecule has 0 bridgehead atoms. The molecule has 0 atom stereocenters. The van der Waals surface area contributed by atoms with E-state index in [0.29, 0.717) is 11.3 Å². The molecule has 1 rings (SSSR count). The van der Waals surface area contributed by atoms with E-state index in [1.807, 2.05) is 13.0 Å².